The Morgan fingerprint density at radius 2 is 1.83 bits per heavy atom. The number of nitrogens with zero attached hydrogens (tertiary/aromatic N) is 2. The van der Waals surface area contributed by atoms with Gasteiger partial charge in [0.25, 0.3) is 0 Å². The SMILES string of the molecule is N#Cc1ccc(-c2ncc(C(=O)c3ccc(Cl)c(Cl)c3)[nH]2)cc1Cl. The molecule has 0 spiro atoms. The molecule has 1 aromatic heterocycles. The Labute approximate surface area is 152 Å². The molecule has 7 heteroatoms. The van der Waals surface area contributed by atoms with Crippen LogP contribution in [0.4, 0.5) is 0 Å². The predicted molar refractivity (Wildman–Crippen MR) is 93.6 cm³/mol. The van der Waals surface area contributed by atoms with Gasteiger partial charge >= 0.3 is 0 Å². The van der Waals surface area contributed by atoms with Gasteiger partial charge in [0.15, 0.2) is 0 Å². The average molecular weight is 377 g/mol. The van der Waals surface area contributed by atoms with Crippen LogP contribution in [0.2, 0.25) is 15.1 Å². The van der Waals surface area contributed by atoms with E-state index in [9.17, 15) is 4.79 Å². The molecular weight excluding hydrogens is 369 g/mol. The van der Waals surface area contributed by atoms with E-state index >= 15 is 0 Å². The fraction of sp³-hybridized carbons (Fsp3) is 0. The highest BCUT2D eigenvalue weighted by molar-refractivity contribution is 6.42. The Bertz CT molecular complexity index is 989. The Morgan fingerprint density at radius 1 is 1.04 bits per heavy atom. The number of halogens is 3. The summed E-state index contributed by atoms with van der Waals surface area (Å²) in [5.74, 6) is 0.219. The van der Waals surface area contributed by atoms with Gasteiger partial charge in [0, 0.05) is 11.1 Å². The van der Waals surface area contributed by atoms with Crippen molar-refractivity contribution in [3.8, 4) is 17.5 Å². The summed E-state index contributed by atoms with van der Waals surface area (Å²) < 4.78 is 0. The van der Waals surface area contributed by atoms with Crippen LogP contribution in [0.15, 0.2) is 42.6 Å². The largest absolute Gasteiger partial charge is 0.335 e. The van der Waals surface area contributed by atoms with Gasteiger partial charge in [-0.15, -0.1) is 0 Å². The van der Waals surface area contributed by atoms with Crippen LogP contribution in [-0.4, -0.2) is 15.8 Å². The second-order valence-corrected chi connectivity index (χ2v) is 6.13. The number of nitrogens with one attached hydrogen (secondary N) is 1. The zero-order chi connectivity index (χ0) is 17.3. The molecule has 0 radical (unpaired) electrons. The summed E-state index contributed by atoms with van der Waals surface area (Å²) >= 11 is 17.8. The van der Waals surface area contributed by atoms with Crippen LogP contribution in [-0.2, 0) is 0 Å². The highest BCUT2D eigenvalue weighted by atomic mass is 35.5. The van der Waals surface area contributed by atoms with Crippen LogP contribution in [0.5, 0.6) is 0 Å². The standard InChI is InChI=1S/C17H8Cl3N3O/c18-12-4-3-9(5-14(12)20)16(24)15-8-22-17(23-15)10-1-2-11(7-21)13(19)6-10/h1-6,8H,(H,22,23). The molecule has 0 saturated heterocycles. The number of ketones is 1. The Balaban J connectivity index is 1.93. The van der Waals surface area contributed by atoms with Gasteiger partial charge in [0.05, 0.1) is 26.8 Å². The molecule has 3 rings (SSSR count). The number of imidazole rings is 1. The van der Waals surface area contributed by atoms with Crippen LogP contribution in [0.1, 0.15) is 21.6 Å². The average Bonchev–Trinajstić information content (AvgIpc) is 3.06. The third kappa shape index (κ3) is 3.15. The number of aromatic nitrogens is 2. The Kier molecular flexibility index (Phi) is 4.59. The van der Waals surface area contributed by atoms with Gasteiger partial charge in [-0.25, -0.2) is 4.98 Å². The number of nitriles is 1. The zero-order valence-corrected chi connectivity index (χ0v) is 14.2. The summed E-state index contributed by atoms with van der Waals surface area (Å²) in [6.45, 7) is 0. The summed E-state index contributed by atoms with van der Waals surface area (Å²) in [6, 6.07) is 11.6. The van der Waals surface area contributed by atoms with Crippen molar-refractivity contribution in [1.29, 1.82) is 5.26 Å². The quantitative estimate of drug-likeness (QED) is 0.643. The van der Waals surface area contributed by atoms with Crippen LogP contribution in [0.25, 0.3) is 11.4 Å². The summed E-state index contributed by atoms with van der Waals surface area (Å²) in [7, 11) is 0. The van der Waals surface area contributed by atoms with Gasteiger partial charge in [-0.2, -0.15) is 5.26 Å². The second kappa shape index (κ2) is 6.66. The van der Waals surface area contributed by atoms with E-state index in [0.717, 1.165) is 0 Å². The van der Waals surface area contributed by atoms with Gasteiger partial charge in [-0.05, 0) is 36.4 Å². The van der Waals surface area contributed by atoms with Crippen LogP contribution in [0, 0.1) is 11.3 Å². The van der Waals surface area contributed by atoms with Gasteiger partial charge in [0.1, 0.15) is 17.6 Å². The lowest BCUT2D eigenvalue weighted by atomic mass is 10.1. The molecule has 3 aromatic rings. The number of hydrogen-bond acceptors (Lipinski definition) is 3. The molecule has 4 nitrogen and oxygen atoms in total. The lowest BCUT2D eigenvalue weighted by molar-refractivity contribution is 0.103. The minimum atomic E-state index is -0.257. The van der Waals surface area contributed by atoms with Crippen molar-refractivity contribution in [2.45, 2.75) is 0 Å². The molecule has 0 aliphatic heterocycles. The molecule has 0 bridgehead atoms. The lowest BCUT2D eigenvalue weighted by Gasteiger charge is -2.01. The topological polar surface area (TPSA) is 69.5 Å². The van der Waals surface area contributed by atoms with Crippen molar-refractivity contribution in [3.63, 3.8) is 0 Å². The van der Waals surface area contributed by atoms with Crippen molar-refractivity contribution in [3.05, 3.63) is 74.5 Å². The molecule has 24 heavy (non-hydrogen) atoms. The summed E-state index contributed by atoms with van der Waals surface area (Å²) in [4.78, 5) is 19.6. The number of H-pyrrole nitrogens is 1. The molecule has 118 valence electrons. The van der Waals surface area contributed by atoms with E-state index in [1.165, 1.54) is 12.3 Å². The monoisotopic (exact) mass is 375 g/mol. The fourth-order valence-electron chi connectivity index (χ4n) is 2.13. The summed E-state index contributed by atoms with van der Waals surface area (Å²) in [6.07, 6.45) is 1.44. The van der Waals surface area contributed by atoms with Gasteiger partial charge in [0.2, 0.25) is 5.78 Å². The van der Waals surface area contributed by atoms with Crippen LogP contribution >= 0.6 is 34.8 Å². The summed E-state index contributed by atoms with van der Waals surface area (Å²) in [5, 5.41) is 9.91. The fourth-order valence-corrected chi connectivity index (χ4v) is 2.65. The van der Waals surface area contributed by atoms with Crippen molar-refractivity contribution in [2.75, 3.05) is 0 Å². The van der Waals surface area contributed by atoms with Crippen LogP contribution < -0.4 is 0 Å². The molecule has 0 aliphatic carbocycles. The van der Waals surface area contributed by atoms with Gasteiger partial charge < -0.3 is 4.98 Å². The van der Waals surface area contributed by atoms with Crippen molar-refractivity contribution in [2.24, 2.45) is 0 Å². The molecule has 2 aromatic carbocycles. The van der Waals surface area contributed by atoms with Crippen LogP contribution in [0.3, 0.4) is 0 Å². The third-order valence-electron chi connectivity index (χ3n) is 3.37. The molecule has 0 amide bonds. The molecule has 0 fully saturated rings. The van der Waals surface area contributed by atoms with Crippen molar-refractivity contribution >= 4 is 40.6 Å². The zero-order valence-electron chi connectivity index (χ0n) is 12.0. The van der Waals surface area contributed by atoms with E-state index in [1.807, 2.05) is 6.07 Å². The maximum atomic E-state index is 12.5. The minimum absolute atomic E-state index is 0.257. The Hall–Kier alpha value is -2.32. The number of carbonyl (C=O) groups excluding carboxylic acids is 1. The smallest absolute Gasteiger partial charge is 0.210 e. The number of benzene rings is 2. The summed E-state index contributed by atoms with van der Waals surface area (Å²) in [5.41, 5.74) is 1.76. The van der Waals surface area contributed by atoms with Crippen molar-refractivity contribution < 1.29 is 4.79 Å². The first-order chi connectivity index (χ1) is 11.5. The number of aromatic amines is 1. The molecule has 0 unspecified atom stereocenters. The number of hydrogen-bond donors (Lipinski definition) is 1. The normalized spacial score (nSPS) is 10.4. The van der Waals surface area contributed by atoms with E-state index in [1.54, 1.807) is 30.3 Å². The molecule has 0 atom stereocenters. The molecule has 1 N–H and O–H groups in total. The lowest BCUT2D eigenvalue weighted by Crippen LogP contribution is -2.01. The van der Waals surface area contributed by atoms with E-state index in [-0.39, 0.29) is 5.78 Å². The van der Waals surface area contributed by atoms with E-state index in [2.05, 4.69) is 9.97 Å². The van der Waals surface area contributed by atoms with Crippen molar-refractivity contribution in [1.82, 2.24) is 9.97 Å². The first-order valence-electron chi connectivity index (χ1n) is 6.74. The molecule has 0 saturated carbocycles. The van der Waals surface area contributed by atoms with Gasteiger partial charge in [-0.1, -0.05) is 34.8 Å². The maximum absolute atomic E-state index is 12.5. The highest BCUT2D eigenvalue weighted by Crippen LogP contribution is 2.26. The molecule has 1 heterocycles. The minimum Gasteiger partial charge on any atom is -0.335 e. The first-order valence-corrected chi connectivity index (χ1v) is 7.88. The van der Waals surface area contributed by atoms with E-state index < -0.39 is 0 Å². The van der Waals surface area contributed by atoms with E-state index in [0.29, 0.717) is 43.3 Å². The third-order valence-corrected chi connectivity index (χ3v) is 4.42. The predicted octanol–water partition coefficient (Wildman–Crippen LogP) is 5.14. The second-order valence-electron chi connectivity index (χ2n) is 4.91. The molecule has 0 aliphatic rings. The van der Waals surface area contributed by atoms with E-state index in [4.69, 9.17) is 40.1 Å². The first kappa shape index (κ1) is 16.5. The van der Waals surface area contributed by atoms with Gasteiger partial charge in [-0.3, -0.25) is 4.79 Å². The molecular formula is C17H8Cl3N3O. The Morgan fingerprint density at radius 3 is 2.50 bits per heavy atom. The number of rotatable bonds is 3. The highest BCUT2D eigenvalue weighted by Gasteiger charge is 2.15. The maximum Gasteiger partial charge on any atom is 0.210 e. The number of carbonyl (C=O) groups is 1.